The number of rotatable bonds is 2. The van der Waals surface area contributed by atoms with E-state index in [1.54, 1.807) is 0 Å². The van der Waals surface area contributed by atoms with Gasteiger partial charge in [0, 0.05) is 10.4 Å². The van der Waals surface area contributed by atoms with E-state index in [2.05, 4.69) is 15.3 Å². The lowest BCUT2D eigenvalue weighted by molar-refractivity contribution is 0.626. The molecule has 2 aromatic heterocycles. The largest absolute Gasteiger partial charge is 0.351 e. The van der Waals surface area contributed by atoms with Crippen LogP contribution in [0, 0.1) is 0 Å². The van der Waals surface area contributed by atoms with Gasteiger partial charge in [0.2, 0.25) is 5.95 Å². The summed E-state index contributed by atoms with van der Waals surface area (Å²) in [7, 11) is 0. The average molecular weight is 336 g/mol. The Morgan fingerprint density at radius 3 is 2.50 bits per heavy atom. The van der Waals surface area contributed by atoms with Crippen molar-refractivity contribution in [3.63, 3.8) is 0 Å². The number of anilines is 1. The third-order valence-corrected chi connectivity index (χ3v) is 4.11. The van der Waals surface area contributed by atoms with Gasteiger partial charge in [-0.3, -0.25) is 9.78 Å². The van der Waals surface area contributed by atoms with Crippen molar-refractivity contribution in [3.05, 3.63) is 46.8 Å². The highest BCUT2D eigenvalue weighted by atomic mass is 35.5. The van der Waals surface area contributed by atoms with Crippen LogP contribution in [0.2, 0.25) is 0 Å². The number of hydrogen-bond donors (Lipinski definition) is 2. The highest BCUT2D eigenvalue weighted by Gasteiger charge is 2.14. The molecule has 1 aromatic carbocycles. The van der Waals surface area contributed by atoms with E-state index in [1.807, 2.05) is 57.2 Å². The van der Waals surface area contributed by atoms with Crippen molar-refractivity contribution in [3.8, 4) is 10.4 Å². The molecule has 0 aliphatic heterocycles. The Balaban J connectivity index is 0.00000176. The van der Waals surface area contributed by atoms with Crippen molar-refractivity contribution in [2.75, 3.05) is 5.32 Å². The van der Waals surface area contributed by atoms with Crippen LogP contribution < -0.4 is 10.9 Å². The van der Waals surface area contributed by atoms with Gasteiger partial charge in [-0.25, -0.2) is 4.98 Å². The molecule has 2 heterocycles. The van der Waals surface area contributed by atoms with Gasteiger partial charge in [-0.05, 0) is 32.4 Å². The molecule has 6 heteroatoms. The van der Waals surface area contributed by atoms with Crippen LogP contribution in [0.3, 0.4) is 0 Å². The highest BCUT2D eigenvalue weighted by Crippen LogP contribution is 2.31. The van der Waals surface area contributed by atoms with Crippen molar-refractivity contribution in [2.24, 2.45) is 0 Å². The van der Waals surface area contributed by atoms with Gasteiger partial charge in [-0.2, -0.15) is 0 Å². The Morgan fingerprint density at radius 2 is 1.86 bits per heavy atom. The highest BCUT2D eigenvalue weighted by molar-refractivity contribution is 7.22. The minimum absolute atomic E-state index is 0. The average Bonchev–Trinajstić information content (AvgIpc) is 2.82. The minimum atomic E-state index is -0.151. The third kappa shape index (κ3) is 3.48. The zero-order chi connectivity index (χ0) is 15.0. The summed E-state index contributed by atoms with van der Waals surface area (Å²) >= 11 is 1.47. The number of nitrogens with one attached hydrogen (secondary N) is 2. The summed E-state index contributed by atoms with van der Waals surface area (Å²) in [6.45, 7) is 6.08. The summed E-state index contributed by atoms with van der Waals surface area (Å²) in [5.74, 6) is 0.511. The molecule has 0 spiro atoms. The van der Waals surface area contributed by atoms with Crippen molar-refractivity contribution < 1.29 is 0 Å². The Morgan fingerprint density at radius 1 is 1.18 bits per heavy atom. The van der Waals surface area contributed by atoms with Crippen molar-refractivity contribution in [2.45, 2.75) is 26.3 Å². The SMILES string of the molecule is CC(C)(C)Nc1nc2cc(-c3ccccc3)sc2c(=O)[nH]1.Cl. The van der Waals surface area contributed by atoms with Crippen LogP contribution in [0.15, 0.2) is 41.2 Å². The molecule has 0 fully saturated rings. The monoisotopic (exact) mass is 335 g/mol. The van der Waals surface area contributed by atoms with Crippen LogP contribution >= 0.6 is 23.7 Å². The molecule has 3 rings (SSSR count). The Hall–Kier alpha value is -1.85. The van der Waals surface area contributed by atoms with Crippen LogP contribution in [0.5, 0.6) is 0 Å². The molecule has 0 radical (unpaired) electrons. The standard InChI is InChI=1S/C16H17N3OS.ClH/c1-16(2,3)19-15-17-11-9-12(10-7-5-4-6-8-10)21-13(11)14(20)18-15;/h4-9H,1-3H3,(H2,17,18,19,20);1H. The van der Waals surface area contributed by atoms with Crippen LogP contribution in [0.25, 0.3) is 20.7 Å². The quantitative estimate of drug-likeness (QED) is 0.734. The fourth-order valence-corrected chi connectivity index (χ4v) is 3.10. The first-order valence-electron chi connectivity index (χ1n) is 6.80. The van der Waals surface area contributed by atoms with Gasteiger partial charge in [0.05, 0.1) is 5.52 Å². The Labute approximate surface area is 139 Å². The fourth-order valence-electron chi connectivity index (χ4n) is 2.10. The van der Waals surface area contributed by atoms with Crippen LogP contribution in [-0.2, 0) is 0 Å². The molecule has 116 valence electrons. The molecule has 0 atom stereocenters. The van der Waals surface area contributed by atoms with Gasteiger partial charge in [-0.1, -0.05) is 30.3 Å². The number of aromatic amines is 1. The van der Waals surface area contributed by atoms with Gasteiger partial charge in [-0.15, -0.1) is 23.7 Å². The van der Waals surface area contributed by atoms with Gasteiger partial charge < -0.3 is 5.32 Å². The normalized spacial score (nSPS) is 11.2. The summed E-state index contributed by atoms with van der Waals surface area (Å²) in [5, 5.41) is 3.20. The van der Waals surface area contributed by atoms with E-state index in [4.69, 9.17) is 0 Å². The van der Waals surface area contributed by atoms with E-state index in [0.717, 1.165) is 16.0 Å². The molecule has 22 heavy (non-hydrogen) atoms. The zero-order valence-electron chi connectivity index (χ0n) is 12.6. The maximum Gasteiger partial charge on any atom is 0.270 e. The maximum absolute atomic E-state index is 12.2. The molecule has 0 unspecified atom stereocenters. The van der Waals surface area contributed by atoms with E-state index in [9.17, 15) is 4.79 Å². The molecule has 0 saturated heterocycles. The maximum atomic E-state index is 12.2. The lowest BCUT2D eigenvalue weighted by atomic mass is 10.1. The molecule has 0 saturated carbocycles. The summed E-state index contributed by atoms with van der Waals surface area (Å²) in [4.78, 5) is 20.6. The van der Waals surface area contributed by atoms with Crippen molar-refractivity contribution in [1.29, 1.82) is 0 Å². The summed E-state index contributed by atoms with van der Waals surface area (Å²) in [6, 6.07) is 12.0. The third-order valence-electron chi connectivity index (χ3n) is 2.93. The topological polar surface area (TPSA) is 57.8 Å². The number of benzene rings is 1. The van der Waals surface area contributed by atoms with Crippen molar-refractivity contribution >= 4 is 39.9 Å². The second-order valence-electron chi connectivity index (χ2n) is 5.98. The first-order valence-corrected chi connectivity index (χ1v) is 7.61. The van der Waals surface area contributed by atoms with Crippen LogP contribution in [0.1, 0.15) is 20.8 Å². The predicted molar refractivity (Wildman–Crippen MR) is 96.3 cm³/mol. The number of hydrogen-bond acceptors (Lipinski definition) is 4. The van der Waals surface area contributed by atoms with Gasteiger partial charge in [0.25, 0.3) is 5.56 Å². The fraction of sp³-hybridized carbons (Fsp3) is 0.250. The molecule has 3 aromatic rings. The smallest absolute Gasteiger partial charge is 0.270 e. The number of fused-ring (bicyclic) bond motifs is 1. The molecule has 0 bridgehead atoms. The number of thiophene rings is 1. The van der Waals surface area contributed by atoms with Crippen LogP contribution in [0.4, 0.5) is 5.95 Å². The Kier molecular flexibility index (Phi) is 4.58. The lowest BCUT2D eigenvalue weighted by Crippen LogP contribution is -2.28. The zero-order valence-corrected chi connectivity index (χ0v) is 14.3. The number of H-pyrrole nitrogens is 1. The second-order valence-corrected chi connectivity index (χ2v) is 7.03. The van der Waals surface area contributed by atoms with E-state index in [1.165, 1.54) is 11.3 Å². The van der Waals surface area contributed by atoms with E-state index in [-0.39, 0.29) is 23.5 Å². The molecule has 0 amide bonds. The van der Waals surface area contributed by atoms with Gasteiger partial charge in [0.1, 0.15) is 4.70 Å². The van der Waals surface area contributed by atoms with Gasteiger partial charge in [0.15, 0.2) is 0 Å². The first kappa shape index (κ1) is 16.5. The second kappa shape index (κ2) is 6.10. The summed E-state index contributed by atoms with van der Waals surface area (Å²) in [5.41, 5.74) is 1.58. The lowest BCUT2D eigenvalue weighted by Gasteiger charge is -2.20. The van der Waals surface area contributed by atoms with Gasteiger partial charge >= 0.3 is 0 Å². The molecular weight excluding hydrogens is 318 g/mol. The number of aromatic nitrogens is 2. The predicted octanol–water partition coefficient (Wildman–Crippen LogP) is 4.28. The molecule has 0 aliphatic carbocycles. The Bertz CT molecular complexity index is 834. The van der Waals surface area contributed by atoms with E-state index >= 15 is 0 Å². The summed E-state index contributed by atoms with van der Waals surface area (Å²) < 4.78 is 0.660. The minimum Gasteiger partial charge on any atom is -0.351 e. The molecule has 0 aliphatic rings. The number of nitrogens with zero attached hydrogens (tertiary/aromatic N) is 1. The molecule has 2 N–H and O–H groups in total. The van der Waals surface area contributed by atoms with Crippen molar-refractivity contribution in [1.82, 2.24) is 9.97 Å². The summed E-state index contributed by atoms with van der Waals surface area (Å²) in [6.07, 6.45) is 0. The molecular formula is C16H18ClN3OS. The first-order chi connectivity index (χ1) is 9.92. The number of halogens is 1. The molecule has 4 nitrogen and oxygen atoms in total. The van der Waals surface area contributed by atoms with E-state index < -0.39 is 0 Å². The van der Waals surface area contributed by atoms with Crippen LogP contribution in [-0.4, -0.2) is 15.5 Å². The van der Waals surface area contributed by atoms with E-state index in [0.29, 0.717) is 10.6 Å².